The number of hydrogen-bond acceptors (Lipinski definition) is 2. The lowest BCUT2D eigenvalue weighted by atomic mass is 9.92. The highest BCUT2D eigenvalue weighted by Gasteiger charge is 2.45. The number of nitrogens with one attached hydrogen (secondary N) is 1. The summed E-state index contributed by atoms with van der Waals surface area (Å²) in [5.41, 5.74) is 0.293. The number of hydrogen-bond donors (Lipinski definition) is 2. The molecule has 0 spiro atoms. The molecule has 0 bridgehead atoms. The van der Waals surface area contributed by atoms with Crippen molar-refractivity contribution in [3.8, 4) is 0 Å². The highest BCUT2D eigenvalue weighted by molar-refractivity contribution is 5.77. The van der Waals surface area contributed by atoms with Crippen molar-refractivity contribution in [2.24, 2.45) is 17.3 Å². The number of carboxylic acid groups (broad SMARTS) is 1. The van der Waals surface area contributed by atoms with Crippen LogP contribution in [-0.2, 0) is 4.79 Å². The topological polar surface area (TPSA) is 69.6 Å². The lowest BCUT2D eigenvalue weighted by Crippen LogP contribution is -2.42. The molecule has 0 aromatic carbocycles. The summed E-state index contributed by atoms with van der Waals surface area (Å²) in [4.78, 5) is 24.4. The van der Waals surface area contributed by atoms with Gasteiger partial charge >= 0.3 is 12.0 Å². The molecule has 1 atom stereocenters. The highest BCUT2D eigenvalue weighted by Crippen LogP contribution is 2.51. The van der Waals surface area contributed by atoms with E-state index in [0.29, 0.717) is 30.8 Å². The summed E-state index contributed by atoms with van der Waals surface area (Å²) < 4.78 is 0. The third-order valence-electron chi connectivity index (χ3n) is 4.53. The van der Waals surface area contributed by atoms with E-state index in [-0.39, 0.29) is 6.03 Å². The lowest BCUT2D eigenvalue weighted by Gasteiger charge is -2.23. The predicted molar refractivity (Wildman–Crippen MR) is 67.2 cm³/mol. The van der Waals surface area contributed by atoms with Crippen LogP contribution in [0.1, 0.15) is 33.1 Å². The molecule has 1 unspecified atom stereocenters. The van der Waals surface area contributed by atoms with Gasteiger partial charge in [-0.3, -0.25) is 4.79 Å². The van der Waals surface area contributed by atoms with Gasteiger partial charge in [0.15, 0.2) is 0 Å². The standard InChI is InChI=1S/C13H22N2O3/c1-9(2)13(4-5-13)8-14-12(18)15-6-3-10(7-15)11(16)17/h9-10H,3-8H2,1-2H3,(H,14,18)(H,16,17). The minimum Gasteiger partial charge on any atom is -0.481 e. The first-order valence-corrected chi connectivity index (χ1v) is 6.70. The minimum absolute atomic E-state index is 0.106. The molecule has 0 radical (unpaired) electrons. The van der Waals surface area contributed by atoms with Crippen LogP contribution < -0.4 is 5.32 Å². The van der Waals surface area contributed by atoms with Crippen molar-refractivity contribution in [1.29, 1.82) is 0 Å². The third kappa shape index (κ3) is 2.60. The number of aliphatic carboxylic acids is 1. The number of likely N-dealkylation sites (tertiary alicyclic amines) is 1. The number of carboxylic acids is 1. The molecule has 2 aliphatic rings. The smallest absolute Gasteiger partial charge is 0.317 e. The van der Waals surface area contributed by atoms with Crippen molar-refractivity contribution < 1.29 is 14.7 Å². The van der Waals surface area contributed by atoms with Gasteiger partial charge in [-0.25, -0.2) is 4.79 Å². The van der Waals surface area contributed by atoms with Gasteiger partial charge in [0, 0.05) is 19.6 Å². The SMILES string of the molecule is CC(C)C1(CNC(=O)N2CCC(C(=O)O)C2)CC1. The van der Waals surface area contributed by atoms with Crippen molar-refractivity contribution in [3.05, 3.63) is 0 Å². The van der Waals surface area contributed by atoms with E-state index in [1.165, 1.54) is 12.8 Å². The van der Waals surface area contributed by atoms with Gasteiger partial charge in [-0.05, 0) is 30.6 Å². The summed E-state index contributed by atoms with van der Waals surface area (Å²) in [6.07, 6.45) is 2.93. The molecule has 102 valence electrons. The molecule has 1 aliphatic heterocycles. The Hall–Kier alpha value is -1.26. The van der Waals surface area contributed by atoms with Gasteiger partial charge < -0.3 is 15.3 Å². The fourth-order valence-corrected chi connectivity index (χ4v) is 2.63. The van der Waals surface area contributed by atoms with Crippen molar-refractivity contribution in [2.75, 3.05) is 19.6 Å². The maximum absolute atomic E-state index is 11.9. The number of carbonyl (C=O) groups is 2. The fraction of sp³-hybridized carbons (Fsp3) is 0.846. The van der Waals surface area contributed by atoms with Crippen molar-refractivity contribution in [2.45, 2.75) is 33.1 Å². The zero-order valence-corrected chi connectivity index (χ0v) is 11.1. The Morgan fingerprint density at radius 3 is 2.56 bits per heavy atom. The molecule has 1 saturated carbocycles. The number of urea groups is 1. The Morgan fingerprint density at radius 1 is 1.44 bits per heavy atom. The number of amides is 2. The fourth-order valence-electron chi connectivity index (χ4n) is 2.63. The highest BCUT2D eigenvalue weighted by atomic mass is 16.4. The Balaban J connectivity index is 1.78. The Bertz CT molecular complexity index is 350. The van der Waals surface area contributed by atoms with Gasteiger partial charge in [0.25, 0.3) is 0 Å². The van der Waals surface area contributed by atoms with E-state index in [2.05, 4.69) is 19.2 Å². The first-order valence-electron chi connectivity index (χ1n) is 6.70. The van der Waals surface area contributed by atoms with E-state index >= 15 is 0 Å². The van der Waals surface area contributed by atoms with Gasteiger partial charge in [0.1, 0.15) is 0 Å². The summed E-state index contributed by atoms with van der Waals surface area (Å²) in [5, 5.41) is 11.9. The van der Waals surface area contributed by atoms with E-state index in [0.717, 1.165) is 6.54 Å². The summed E-state index contributed by atoms with van der Waals surface area (Å²) in [5.74, 6) is -0.606. The Kier molecular flexibility index (Phi) is 3.50. The van der Waals surface area contributed by atoms with Crippen molar-refractivity contribution in [1.82, 2.24) is 10.2 Å². The minimum atomic E-state index is -0.800. The molecule has 5 heteroatoms. The zero-order chi connectivity index (χ0) is 13.3. The van der Waals surface area contributed by atoms with E-state index in [4.69, 9.17) is 5.11 Å². The molecule has 1 heterocycles. The van der Waals surface area contributed by atoms with E-state index < -0.39 is 11.9 Å². The molecule has 2 fully saturated rings. The van der Waals surface area contributed by atoms with Gasteiger partial charge in [0.2, 0.25) is 0 Å². The van der Waals surface area contributed by atoms with Crippen LogP contribution in [0.3, 0.4) is 0 Å². The lowest BCUT2D eigenvalue weighted by molar-refractivity contribution is -0.141. The van der Waals surface area contributed by atoms with Crippen LogP contribution in [0.4, 0.5) is 4.79 Å². The van der Waals surface area contributed by atoms with Gasteiger partial charge in [0.05, 0.1) is 5.92 Å². The molecule has 1 saturated heterocycles. The Labute approximate surface area is 108 Å². The molecular formula is C13H22N2O3. The normalized spacial score (nSPS) is 25.3. The number of rotatable bonds is 4. The maximum atomic E-state index is 11.9. The van der Waals surface area contributed by atoms with Crippen LogP contribution in [0.5, 0.6) is 0 Å². The monoisotopic (exact) mass is 254 g/mol. The molecule has 5 nitrogen and oxygen atoms in total. The molecule has 2 N–H and O–H groups in total. The van der Waals surface area contributed by atoms with Crippen LogP contribution in [0.15, 0.2) is 0 Å². The summed E-state index contributed by atoms with van der Waals surface area (Å²) in [6, 6.07) is -0.106. The molecular weight excluding hydrogens is 232 g/mol. The average molecular weight is 254 g/mol. The Morgan fingerprint density at radius 2 is 2.11 bits per heavy atom. The number of nitrogens with zero attached hydrogens (tertiary/aromatic N) is 1. The molecule has 2 amide bonds. The summed E-state index contributed by atoms with van der Waals surface area (Å²) in [7, 11) is 0. The second-order valence-corrected chi connectivity index (χ2v) is 5.95. The van der Waals surface area contributed by atoms with Gasteiger partial charge in [-0.1, -0.05) is 13.8 Å². The average Bonchev–Trinajstić information content (AvgIpc) is 2.94. The van der Waals surface area contributed by atoms with Crippen LogP contribution in [-0.4, -0.2) is 41.6 Å². The molecule has 0 aromatic heterocycles. The second-order valence-electron chi connectivity index (χ2n) is 5.95. The van der Waals surface area contributed by atoms with Crippen LogP contribution >= 0.6 is 0 Å². The van der Waals surface area contributed by atoms with E-state index in [1.54, 1.807) is 4.90 Å². The zero-order valence-electron chi connectivity index (χ0n) is 11.1. The predicted octanol–water partition coefficient (Wildman–Crippen LogP) is 1.54. The third-order valence-corrected chi connectivity index (χ3v) is 4.53. The first-order chi connectivity index (χ1) is 8.44. The number of carbonyl (C=O) groups excluding carboxylic acids is 1. The van der Waals surface area contributed by atoms with E-state index in [9.17, 15) is 9.59 Å². The first kappa shape index (κ1) is 13.2. The molecule has 2 rings (SSSR count). The van der Waals surface area contributed by atoms with E-state index in [1.807, 2.05) is 0 Å². The second kappa shape index (κ2) is 4.78. The quantitative estimate of drug-likeness (QED) is 0.799. The van der Waals surface area contributed by atoms with Crippen molar-refractivity contribution in [3.63, 3.8) is 0 Å². The largest absolute Gasteiger partial charge is 0.481 e. The van der Waals surface area contributed by atoms with Crippen molar-refractivity contribution >= 4 is 12.0 Å². The molecule has 18 heavy (non-hydrogen) atoms. The molecule has 0 aromatic rings. The maximum Gasteiger partial charge on any atom is 0.317 e. The van der Waals surface area contributed by atoms with Crippen LogP contribution in [0, 0.1) is 17.3 Å². The van der Waals surface area contributed by atoms with Gasteiger partial charge in [-0.2, -0.15) is 0 Å². The van der Waals surface area contributed by atoms with Crippen LogP contribution in [0.25, 0.3) is 0 Å². The summed E-state index contributed by atoms with van der Waals surface area (Å²) in [6.45, 7) is 6.00. The molecule has 1 aliphatic carbocycles. The van der Waals surface area contributed by atoms with Gasteiger partial charge in [-0.15, -0.1) is 0 Å². The van der Waals surface area contributed by atoms with Crippen LogP contribution in [0.2, 0.25) is 0 Å². The summed E-state index contributed by atoms with van der Waals surface area (Å²) >= 11 is 0.